The van der Waals surface area contributed by atoms with Gasteiger partial charge < -0.3 is 31.3 Å². The molecule has 3 unspecified atom stereocenters. The van der Waals surface area contributed by atoms with E-state index in [0.29, 0.717) is 54.9 Å². The molecule has 370 valence electrons. The van der Waals surface area contributed by atoms with Crippen LogP contribution in [0.3, 0.4) is 0 Å². The lowest BCUT2D eigenvalue weighted by atomic mass is 9.82. The number of halogens is 12. The van der Waals surface area contributed by atoms with E-state index in [2.05, 4.69) is 26.6 Å². The second-order valence-electron chi connectivity index (χ2n) is 17.4. The number of carbonyl (C=O) groups is 4. The quantitative estimate of drug-likeness (QED) is 0.101. The van der Waals surface area contributed by atoms with Gasteiger partial charge in [-0.05, 0) is 97.6 Å². The van der Waals surface area contributed by atoms with E-state index < -0.39 is 118 Å². The predicted octanol–water partition coefficient (Wildman–Crippen LogP) is 11.8. The number of benzene rings is 6. The summed E-state index contributed by atoms with van der Waals surface area (Å²) < 4.78 is 153. The maximum Gasteiger partial charge on any atom is 0.416 e. The van der Waals surface area contributed by atoms with E-state index >= 15 is 17.6 Å². The van der Waals surface area contributed by atoms with Gasteiger partial charge in [-0.25, -0.2) is 17.6 Å². The standard InChI is InChI=1S/C50H31Cl2F10N5O5/c51-31-5-3-23(53)14-27(31)43-41-35(16-34-26(2-1-7-63-34)39(41)47(70)66-43)64-46(69)20-11-30(50(60,61)62)38(33(56)12-20)21-10-29-37(72-18-21)17-36(65-45(68)19-8-22(49(57,58)59)13-25(55)9-19)42-40(29)48(71)67-44(42)28-15-24(54)4-6-32(28)52/h3-6,8-9,11-17,21,43-44,63H,1-2,7,10,18H2,(H,64,69)(H,65,68)(H,66,70)(H,67,71). The van der Waals surface area contributed by atoms with Crippen molar-refractivity contribution in [2.75, 3.05) is 29.1 Å². The van der Waals surface area contributed by atoms with Gasteiger partial charge in [-0.2, -0.15) is 26.3 Å². The Balaban J connectivity index is 1.03. The molecule has 4 aliphatic rings. The van der Waals surface area contributed by atoms with Crippen LogP contribution in [-0.2, 0) is 25.2 Å². The summed E-state index contributed by atoms with van der Waals surface area (Å²) in [4.78, 5) is 55.2. The van der Waals surface area contributed by atoms with Crippen molar-refractivity contribution in [2.45, 2.75) is 49.6 Å². The molecule has 10 nitrogen and oxygen atoms in total. The van der Waals surface area contributed by atoms with Crippen molar-refractivity contribution >= 4 is 63.9 Å². The van der Waals surface area contributed by atoms with Crippen molar-refractivity contribution in [1.29, 1.82) is 0 Å². The number of nitrogens with one attached hydrogen (secondary N) is 5. The van der Waals surface area contributed by atoms with Gasteiger partial charge >= 0.3 is 12.4 Å². The molecule has 0 saturated heterocycles. The summed E-state index contributed by atoms with van der Waals surface area (Å²) in [6.45, 7) is -0.209. The molecule has 0 saturated carbocycles. The monoisotopic (exact) mass is 1040 g/mol. The first-order valence-corrected chi connectivity index (χ1v) is 22.5. The molecule has 0 aromatic heterocycles. The Hall–Kier alpha value is -7.32. The Morgan fingerprint density at radius 2 is 1.21 bits per heavy atom. The summed E-state index contributed by atoms with van der Waals surface area (Å²) in [5, 5.41) is 13.3. The third-order valence-corrected chi connectivity index (χ3v) is 13.6. The number of alkyl halides is 6. The van der Waals surface area contributed by atoms with Crippen molar-refractivity contribution in [2.24, 2.45) is 0 Å². The molecule has 0 radical (unpaired) electrons. The first-order valence-electron chi connectivity index (χ1n) is 21.7. The van der Waals surface area contributed by atoms with Crippen molar-refractivity contribution in [3.8, 4) is 5.75 Å². The third kappa shape index (κ3) is 8.58. The summed E-state index contributed by atoms with van der Waals surface area (Å²) in [7, 11) is 0. The topological polar surface area (TPSA) is 138 Å². The van der Waals surface area contributed by atoms with Gasteiger partial charge in [-0.15, -0.1) is 0 Å². The van der Waals surface area contributed by atoms with Crippen molar-refractivity contribution < 1.29 is 67.8 Å². The van der Waals surface area contributed by atoms with Gasteiger partial charge in [0, 0.05) is 84.5 Å². The fourth-order valence-corrected chi connectivity index (χ4v) is 10.3. The van der Waals surface area contributed by atoms with Crippen LogP contribution >= 0.6 is 23.2 Å². The Bertz CT molecular complexity index is 3370. The molecule has 4 amide bonds. The minimum atomic E-state index is -5.32. The first kappa shape index (κ1) is 48.3. The highest BCUT2D eigenvalue weighted by atomic mass is 35.5. The number of ether oxygens (including phenoxy) is 1. The summed E-state index contributed by atoms with van der Waals surface area (Å²) in [6, 6.07) is 8.69. The number of anilines is 3. The van der Waals surface area contributed by atoms with E-state index in [9.17, 15) is 45.5 Å². The van der Waals surface area contributed by atoms with Gasteiger partial charge in [0.2, 0.25) is 0 Å². The highest BCUT2D eigenvalue weighted by molar-refractivity contribution is 6.32. The molecule has 6 aromatic carbocycles. The second kappa shape index (κ2) is 17.8. The fourth-order valence-electron chi connectivity index (χ4n) is 9.86. The van der Waals surface area contributed by atoms with Crippen LogP contribution in [-0.4, -0.2) is 36.8 Å². The Labute approximate surface area is 410 Å². The molecule has 0 spiro atoms. The van der Waals surface area contributed by atoms with Crippen LogP contribution in [0, 0.1) is 23.3 Å². The maximum atomic E-state index is 16.7. The first-order chi connectivity index (χ1) is 34.0. The van der Waals surface area contributed by atoms with Gasteiger partial charge in [0.25, 0.3) is 23.6 Å². The zero-order chi connectivity index (χ0) is 51.3. The minimum Gasteiger partial charge on any atom is -0.493 e. The lowest BCUT2D eigenvalue weighted by Crippen LogP contribution is -2.27. The molecule has 5 N–H and O–H groups in total. The number of carbonyl (C=O) groups excluding carboxylic acids is 4. The number of hydrogen-bond acceptors (Lipinski definition) is 6. The molecule has 72 heavy (non-hydrogen) atoms. The number of hydrogen-bond donors (Lipinski definition) is 5. The Morgan fingerprint density at radius 3 is 1.79 bits per heavy atom. The summed E-state index contributed by atoms with van der Waals surface area (Å²) in [6.07, 6.45) is -9.87. The molecule has 10 rings (SSSR count). The predicted molar refractivity (Wildman–Crippen MR) is 242 cm³/mol. The van der Waals surface area contributed by atoms with Crippen molar-refractivity contribution in [3.05, 3.63) is 185 Å². The van der Waals surface area contributed by atoms with Crippen LogP contribution < -0.4 is 31.3 Å². The minimum absolute atomic E-state index is 0.0601. The van der Waals surface area contributed by atoms with Crippen LogP contribution in [0.2, 0.25) is 10.0 Å². The molecule has 4 heterocycles. The highest BCUT2D eigenvalue weighted by Crippen LogP contribution is 2.50. The summed E-state index contributed by atoms with van der Waals surface area (Å²) >= 11 is 12.9. The Morgan fingerprint density at radius 1 is 0.639 bits per heavy atom. The van der Waals surface area contributed by atoms with E-state index in [1.807, 2.05) is 0 Å². The van der Waals surface area contributed by atoms with Gasteiger partial charge in [-0.1, -0.05) is 23.2 Å². The van der Waals surface area contributed by atoms with Gasteiger partial charge in [0.1, 0.15) is 29.0 Å². The van der Waals surface area contributed by atoms with Gasteiger partial charge in [0.15, 0.2) is 0 Å². The van der Waals surface area contributed by atoms with Crippen molar-refractivity contribution in [1.82, 2.24) is 10.6 Å². The van der Waals surface area contributed by atoms with E-state index in [4.69, 9.17) is 27.9 Å². The average molecular weight is 1040 g/mol. The largest absolute Gasteiger partial charge is 0.493 e. The van der Waals surface area contributed by atoms with Crippen molar-refractivity contribution in [3.63, 3.8) is 0 Å². The molecule has 3 atom stereocenters. The molecule has 4 aliphatic heterocycles. The van der Waals surface area contributed by atoms with E-state index in [1.54, 1.807) is 0 Å². The van der Waals surface area contributed by atoms with Crippen LogP contribution in [0.4, 0.5) is 61.0 Å². The maximum absolute atomic E-state index is 16.7. The zero-order valence-electron chi connectivity index (χ0n) is 36.3. The summed E-state index contributed by atoms with van der Waals surface area (Å²) in [5.41, 5.74) is -5.30. The van der Waals surface area contributed by atoms with Gasteiger partial charge in [0.05, 0.1) is 46.6 Å². The van der Waals surface area contributed by atoms with Crippen LogP contribution in [0.5, 0.6) is 5.75 Å². The molecule has 0 bridgehead atoms. The van der Waals surface area contributed by atoms with E-state index in [1.165, 1.54) is 12.1 Å². The van der Waals surface area contributed by atoms with E-state index in [0.717, 1.165) is 36.4 Å². The fraction of sp³-hybridized carbons (Fsp3) is 0.200. The SMILES string of the molecule is O=C(Nc1cc2c(c3c1C(c1cc(F)ccc1Cl)NC3=O)CCCN2)c1cc(F)c(C2COc3cc(NC(=O)c4cc(F)cc(C(F)(F)F)c4)c4c(c3C2)C(=O)NC4c2cc(F)ccc2Cl)c(C(F)(F)F)c1. The average Bonchev–Trinajstić information content (AvgIpc) is 3.86. The lowest BCUT2D eigenvalue weighted by molar-refractivity contribution is -0.139. The molecular formula is C50H31Cl2F10N5O5. The van der Waals surface area contributed by atoms with Crippen LogP contribution in [0.15, 0.2) is 78.9 Å². The molecule has 6 aromatic rings. The number of fused-ring (bicyclic) bond motifs is 6. The van der Waals surface area contributed by atoms with E-state index in [-0.39, 0.29) is 72.2 Å². The molecule has 0 fully saturated rings. The van der Waals surface area contributed by atoms with Gasteiger partial charge in [-0.3, -0.25) is 19.2 Å². The molecule has 0 aliphatic carbocycles. The zero-order valence-corrected chi connectivity index (χ0v) is 37.9. The number of rotatable bonds is 7. The normalized spacial score (nSPS) is 17.9. The highest BCUT2D eigenvalue weighted by Gasteiger charge is 2.44. The second-order valence-corrected chi connectivity index (χ2v) is 18.2. The molecule has 22 heteroatoms. The number of amides is 4. The third-order valence-electron chi connectivity index (χ3n) is 12.9. The van der Waals surface area contributed by atoms with Crippen LogP contribution in [0.25, 0.3) is 0 Å². The Kier molecular flexibility index (Phi) is 11.9. The smallest absolute Gasteiger partial charge is 0.416 e. The molecular weight excluding hydrogens is 1010 g/mol. The lowest BCUT2D eigenvalue weighted by Gasteiger charge is -2.30. The van der Waals surface area contributed by atoms with Crippen LogP contribution in [0.1, 0.15) is 116 Å². The summed E-state index contributed by atoms with van der Waals surface area (Å²) in [5.74, 6) is -10.2.